The van der Waals surface area contributed by atoms with E-state index in [1.807, 2.05) is 0 Å². The van der Waals surface area contributed by atoms with Gasteiger partial charge >= 0.3 is 6.18 Å². The van der Waals surface area contributed by atoms with Gasteiger partial charge in [-0.2, -0.15) is 17.5 Å². The maximum Gasteiger partial charge on any atom is 0.417 e. The minimum atomic E-state index is -4.79. The molecule has 0 spiro atoms. The molecule has 2 aromatic rings. The van der Waals surface area contributed by atoms with E-state index < -0.39 is 32.6 Å². The van der Waals surface area contributed by atoms with Gasteiger partial charge in [-0.1, -0.05) is 12.1 Å². The number of alkyl halides is 3. The summed E-state index contributed by atoms with van der Waals surface area (Å²) in [5.74, 6) is -0.876. The van der Waals surface area contributed by atoms with Crippen molar-refractivity contribution in [1.29, 1.82) is 0 Å². The molecule has 2 aromatic carbocycles. The molecule has 0 atom stereocenters. The van der Waals surface area contributed by atoms with Gasteiger partial charge in [-0.15, -0.1) is 0 Å². The van der Waals surface area contributed by atoms with Gasteiger partial charge in [-0.25, -0.2) is 8.42 Å². The largest absolute Gasteiger partial charge is 0.417 e. The molecule has 0 saturated carbocycles. The van der Waals surface area contributed by atoms with Crippen LogP contribution in [0.15, 0.2) is 53.4 Å². The normalized spacial score (nSPS) is 16.1. The van der Waals surface area contributed by atoms with Crippen molar-refractivity contribution in [3.63, 3.8) is 0 Å². The van der Waals surface area contributed by atoms with Crippen molar-refractivity contribution in [1.82, 2.24) is 4.31 Å². The molecule has 1 N–H and O–H groups in total. The number of sulfonamides is 1. The topological polar surface area (TPSA) is 83.6 Å². The molecule has 1 saturated heterocycles. The Morgan fingerprint density at radius 1 is 1.00 bits per heavy atom. The zero-order chi connectivity index (χ0) is 22.8. The molecule has 0 bridgehead atoms. The fourth-order valence-electron chi connectivity index (χ4n) is 3.46. The number of Topliss-reactive ketones (excluding diaryl/α,β-unsaturated/α-hetero) is 1. The van der Waals surface area contributed by atoms with E-state index in [1.165, 1.54) is 13.0 Å². The Kier molecular flexibility index (Phi) is 6.51. The van der Waals surface area contributed by atoms with Crippen LogP contribution >= 0.6 is 0 Å². The van der Waals surface area contributed by atoms with Crippen LogP contribution in [-0.2, 0) is 21.0 Å². The summed E-state index contributed by atoms with van der Waals surface area (Å²) in [5.41, 5.74) is -0.191. The standard InChI is InChI=1S/C21H21F3N2O4S/c1-14(27)15-6-8-17(9-7-15)25-20(28)16-10-12-26(13-11-16)31(29,30)19-5-3-2-4-18(19)21(22,23)24/h2-9,16H,10-13H2,1H3,(H,25,28). The monoisotopic (exact) mass is 454 g/mol. The number of halogens is 3. The summed E-state index contributed by atoms with van der Waals surface area (Å²) in [4.78, 5) is 23.0. The number of hydrogen-bond acceptors (Lipinski definition) is 4. The first kappa shape index (κ1) is 23.0. The lowest BCUT2D eigenvalue weighted by Gasteiger charge is -2.31. The number of piperidine rings is 1. The van der Waals surface area contributed by atoms with Crippen LogP contribution in [0.4, 0.5) is 18.9 Å². The molecule has 0 aliphatic carbocycles. The molecule has 1 amide bonds. The first-order valence-corrected chi connectivity index (χ1v) is 11.0. The van der Waals surface area contributed by atoms with E-state index in [2.05, 4.69) is 5.32 Å². The zero-order valence-electron chi connectivity index (χ0n) is 16.6. The fraction of sp³-hybridized carbons (Fsp3) is 0.333. The van der Waals surface area contributed by atoms with Crippen LogP contribution < -0.4 is 5.32 Å². The number of benzene rings is 2. The Morgan fingerprint density at radius 3 is 2.13 bits per heavy atom. The van der Waals surface area contributed by atoms with Crippen LogP contribution in [0.5, 0.6) is 0 Å². The van der Waals surface area contributed by atoms with Gasteiger partial charge in [-0.3, -0.25) is 9.59 Å². The van der Waals surface area contributed by atoms with Crippen molar-refractivity contribution >= 4 is 27.4 Å². The SMILES string of the molecule is CC(=O)c1ccc(NC(=O)C2CCN(S(=O)(=O)c3ccccc3C(F)(F)F)CC2)cc1. The number of ketones is 1. The third-order valence-electron chi connectivity index (χ3n) is 5.19. The van der Waals surface area contributed by atoms with Gasteiger partial charge in [0.25, 0.3) is 0 Å². The quantitative estimate of drug-likeness (QED) is 0.694. The molecule has 1 heterocycles. The molecular formula is C21H21F3N2O4S. The molecule has 0 unspecified atom stereocenters. The predicted octanol–water partition coefficient (Wildman–Crippen LogP) is 3.95. The Labute approximate surface area is 178 Å². The van der Waals surface area contributed by atoms with Crippen molar-refractivity contribution in [2.45, 2.75) is 30.8 Å². The third-order valence-corrected chi connectivity index (χ3v) is 7.15. The van der Waals surface area contributed by atoms with E-state index in [1.54, 1.807) is 24.3 Å². The second kappa shape index (κ2) is 8.80. The summed E-state index contributed by atoms with van der Waals surface area (Å²) < 4.78 is 66.3. The van der Waals surface area contributed by atoms with E-state index in [0.29, 0.717) is 11.3 Å². The number of nitrogens with zero attached hydrogens (tertiary/aromatic N) is 1. The minimum Gasteiger partial charge on any atom is -0.326 e. The number of anilines is 1. The summed E-state index contributed by atoms with van der Waals surface area (Å²) in [6.07, 6.45) is -4.42. The van der Waals surface area contributed by atoms with Gasteiger partial charge in [0, 0.05) is 30.3 Å². The smallest absolute Gasteiger partial charge is 0.326 e. The first-order valence-electron chi connectivity index (χ1n) is 9.58. The van der Waals surface area contributed by atoms with Crippen molar-refractivity contribution in [3.05, 3.63) is 59.7 Å². The van der Waals surface area contributed by atoms with Gasteiger partial charge in [0.05, 0.1) is 10.5 Å². The van der Waals surface area contributed by atoms with Crippen molar-refractivity contribution in [2.75, 3.05) is 18.4 Å². The van der Waals surface area contributed by atoms with Crippen LogP contribution in [0, 0.1) is 5.92 Å². The third kappa shape index (κ3) is 5.13. The lowest BCUT2D eigenvalue weighted by Crippen LogP contribution is -2.41. The summed E-state index contributed by atoms with van der Waals surface area (Å²) in [5, 5.41) is 2.73. The molecule has 1 fully saturated rings. The first-order chi connectivity index (χ1) is 14.5. The highest BCUT2D eigenvalue weighted by Crippen LogP contribution is 2.36. The van der Waals surface area contributed by atoms with Crippen LogP contribution in [0.25, 0.3) is 0 Å². The Balaban J connectivity index is 1.66. The number of hydrogen-bond donors (Lipinski definition) is 1. The summed E-state index contributed by atoms with van der Waals surface area (Å²) >= 11 is 0. The van der Waals surface area contributed by atoms with Gasteiger partial charge in [0.1, 0.15) is 0 Å². The Morgan fingerprint density at radius 2 is 1.58 bits per heavy atom. The molecular weight excluding hydrogens is 433 g/mol. The molecule has 0 radical (unpaired) electrons. The van der Waals surface area contributed by atoms with Gasteiger partial charge < -0.3 is 5.32 Å². The zero-order valence-corrected chi connectivity index (χ0v) is 17.5. The molecule has 3 rings (SSSR count). The number of rotatable bonds is 5. The molecule has 10 heteroatoms. The summed E-state index contributed by atoms with van der Waals surface area (Å²) in [7, 11) is -4.35. The average Bonchev–Trinajstić information content (AvgIpc) is 2.73. The molecule has 1 aliphatic heterocycles. The highest BCUT2D eigenvalue weighted by atomic mass is 32.2. The lowest BCUT2D eigenvalue weighted by molar-refractivity contribution is -0.139. The second-order valence-corrected chi connectivity index (χ2v) is 9.20. The Bertz CT molecular complexity index is 1070. The van der Waals surface area contributed by atoms with E-state index in [4.69, 9.17) is 0 Å². The fourth-order valence-corrected chi connectivity index (χ4v) is 5.14. The van der Waals surface area contributed by atoms with Crippen molar-refractivity contribution in [2.24, 2.45) is 5.92 Å². The van der Waals surface area contributed by atoms with Crippen LogP contribution in [0.1, 0.15) is 35.7 Å². The van der Waals surface area contributed by atoms with Crippen molar-refractivity contribution < 1.29 is 31.2 Å². The van der Waals surface area contributed by atoms with E-state index in [9.17, 15) is 31.2 Å². The number of nitrogens with one attached hydrogen (secondary N) is 1. The van der Waals surface area contributed by atoms with Gasteiger partial charge in [0.2, 0.25) is 15.9 Å². The minimum absolute atomic E-state index is 0.0596. The van der Waals surface area contributed by atoms with E-state index in [-0.39, 0.29) is 37.6 Å². The maximum atomic E-state index is 13.2. The van der Waals surface area contributed by atoms with Crippen LogP contribution in [0.3, 0.4) is 0 Å². The number of carbonyl (C=O) groups is 2. The Hall–Kier alpha value is -2.72. The predicted molar refractivity (Wildman–Crippen MR) is 108 cm³/mol. The highest BCUT2D eigenvalue weighted by molar-refractivity contribution is 7.89. The van der Waals surface area contributed by atoms with Gasteiger partial charge in [0.15, 0.2) is 5.78 Å². The van der Waals surface area contributed by atoms with Gasteiger partial charge in [-0.05, 0) is 56.2 Å². The molecule has 1 aliphatic rings. The molecule has 0 aromatic heterocycles. The van der Waals surface area contributed by atoms with Crippen LogP contribution in [-0.4, -0.2) is 37.5 Å². The molecule has 6 nitrogen and oxygen atoms in total. The number of carbonyl (C=O) groups excluding carboxylic acids is 2. The summed E-state index contributed by atoms with van der Waals surface area (Å²) in [6.45, 7) is 1.31. The maximum absolute atomic E-state index is 13.2. The average molecular weight is 454 g/mol. The lowest BCUT2D eigenvalue weighted by atomic mass is 9.97. The molecule has 166 valence electrons. The second-order valence-electron chi connectivity index (χ2n) is 7.30. The summed E-state index contributed by atoms with van der Waals surface area (Å²) in [6, 6.07) is 10.5. The number of amides is 1. The van der Waals surface area contributed by atoms with E-state index >= 15 is 0 Å². The van der Waals surface area contributed by atoms with Crippen LogP contribution in [0.2, 0.25) is 0 Å². The molecule has 31 heavy (non-hydrogen) atoms. The van der Waals surface area contributed by atoms with E-state index in [0.717, 1.165) is 22.5 Å². The van der Waals surface area contributed by atoms with Crippen molar-refractivity contribution in [3.8, 4) is 0 Å². The highest BCUT2D eigenvalue weighted by Gasteiger charge is 2.40.